The Balaban J connectivity index is 1.76. The van der Waals surface area contributed by atoms with Gasteiger partial charge in [-0.15, -0.1) is 0 Å². The highest BCUT2D eigenvalue weighted by atomic mass is 16.6. The molecule has 0 radical (unpaired) electrons. The summed E-state index contributed by atoms with van der Waals surface area (Å²) in [6.07, 6.45) is 4.76. The van der Waals surface area contributed by atoms with Crippen molar-refractivity contribution < 1.29 is 19.1 Å². The third kappa shape index (κ3) is 7.70. The molecule has 0 spiro atoms. The first kappa shape index (κ1) is 27.0. The van der Waals surface area contributed by atoms with E-state index in [4.69, 9.17) is 14.3 Å². The molecule has 0 saturated carbocycles. The lowest BCUT2D eigenvalue weighted by molar-refractivity contribution is -0.143. The van der Waals surface area contributed by atoms with Crippen molar-refractivity contribution in [3.05, 3.63) is 83.2 Å². The van der Waals surface area contributed by atoms with E-state index in [1.54, 1.807) is 13.1 Å². The fraction of sp³-hybridized carbons (Fsp3) is 0.414. The molecule has 3 rings (SSSR count). The quantitative estimate of drug-likeness (QED) is 0.193. The maximum Gasteiger partial charge on any atom is 0.314 e. The second-order valence-electron chi connectivity index (χ2n) is 9.68. The summed E-state index contributed by atoms with van der Waals surface area (Å²) < 4.78 is 11.4. The molecule has 0 saturated heterocycles. The maximum absolute atomic E-state index is 12.4. The highest BCUT2D eigenvalue weighted by molar-refractivity contribution is 6.00. The SMILES string of the molecule is COC(=O)C(Cc1ccc(OC(c2ccc(CC(C)C)cc2)c2cn[nH]c2)cc1)C(C)=NOC(C)C. The van der Waals surface area contributed by atoms with Crippen LogP contribution in [0.4, 0.5) is 0 Å². The van der Waals surface area contributed by atoms with Crippen molar-refractivity contribution in [1.29, 1.82) is 0 Å². The van der Waals surface area contributed by atoms with E-state index in [0.717, 1.165) is 28.9 Å². The molecule has 0 aliphatic rings. The topological polar surface area (TPSA) is 85.8 Å². The van der Waals surface area contributed by atoms with E-state index in [2.05, 4.69) is 53.5 Å². The number of methoxy groups -OCH3 is 1. The molecule has 1 N–H and O–H groups in total. The van der Waals surface area contributed by atoms with Gasteiger partial charge in [-0.2, -0.15) is 5.10 Å². The molecule has 0 bridgehead atoms. The van der Waals surface area contributed by atoms with Crippen molar-refractivity contribution in [1.82, 2.24) is 10.2 Å². The van der Waals surface area contributed by atoms with E-state index in [-0.39, 0.29) is 18.2 Å². The number of hydrogen-bond acceptors (Lipinski definition) is 6. The number of aromatic amines is 1. The molecule has 0 aliphatic heterocycles. The number of carbonyl (C=O) groups excluding carboxylic acids is 1. The zero-order valence-corrected chi connectivity index (χ0v) is 22.0. The predicted octanol–water partition coefficient (Wildman–Crippen LogP) is 5.91. The van der Waals surface area contributed by atoms with Crippen LogP contribution in [0.5, 0.6) is 5.75 Å². The van der Waals surface area contributed by atoms with E-state index >= 15 is 0 Å². The Bertz CT molecular complexity index is 1100. The number of oxime groups is 1. The molecule has 0 fully saturated rings. The third-order valence-electron chi connectivity index (χ3n) is 5.76. The molecular weight excluding hydrogens is 454 g/mol. The average Bonchev–Trinajstić information content (AvgIpc) is 3.39. The summed E-state index contributed by atoms with van der Waals surface area (Å²) in [4.78, 5) is 17.7. The van der Waals surface area contributed by atoms with Gasteiger partial charge in [0.1, 0.15) is 17.8 Å². The minimum Gasteiger partial charge on any atom is -0.481 e. The lowest BCUT2D eigenvalue weighted by Gasteiger charge is -2.20. The first-order chi connectivity index (χ1) is 17.3. The van der Waals surface area contributed by atoms with Gasteiger partial charge in [-0.1, -0.05) is 55.4 Å². The minimum atomic E-state index is -0.524. The normalized spacial score (nSPS) is 13.5. The summed E-state index contributed by atoms with van der Waals surface area (Å²) in [5, 5.41) is 11.1. The first-order valence-electron chi connectivity index (χ1n) is 12.4. The van der Waals surface area contributed by atoms with Gasteiger partial charge >= 0.3 is 5.97 Å². The molecule has 2 aromatic carbocycles. The Morgan fingerprint density at radius 1 is 0.944 bits per heavy atom. The molecule has 192 valence electrons. The number of ether oxygens (including phenoxy) is 2. The Labute approximate surface area is 213 Å². The summed E-state index contributed by atoms with van der Waals surface area (Å²) in [5.74, 6) is 0.458. The van der Waals surface area contributed by atoms with Crippen molar-refractivity contribution in [2.24, 2.45) is 17.0 Å². The Morgan fingerprint density at radius 3 is 2.14 bits per heavy atom. The van der Waals surface area contributed by atoms with Gasteiger partial charge in [0, 0.05) is 11.8 Å². The standard InChI is InChI=1S/C29H37N3O4/c1-19(2)15-22-7-11-24(12-8-22)28(25-17-30-31-18-25)35-26-13-9-23(10-14-26)16-27(29(33)34-6)21(5)32-36-20(3)4/h7-14,17-20,27-28H,15-16H2,1-6H3,(H,30,31). The van der Waals surface area contributed by atoms with Gasteiger partial charge in [0.25, 0.3) is 0 Å². The van der Waals surface area contributed by atoms with Gasteiger partial charge in [-0.3, -0.25) is 9.89 Å². The first-order valence-corrected chi connectivity index (χ1v) is 12.4. The molecule has 0 aliphatic carbocycles. The number of nitrogens with zero attached hydrogens (tertiary/aromatic N) is 2. The van der Waals surface area contributed by atoms with Gasteiger partial charge in [-0.25, -0.2) is 0 Å². The number of carbonyl (C=O) groups is 1. The molecular formula is C29H37N3O4. The Morgan fingerprint density at radius 2 is 1.58 bits per heavy atom. The van der Waals surface area contributed by atoms with Gasteiger partial charge in [-0.05, 0) is 68.4 Å². The lowest BCUT2D eigenvalue weighted by atomic mass is 9.95. The van der Waals surface area contributed by atoms with Crippen LogP contribution in [0.2, 0.25) is 0 Å². The van der Waals surface area contributed by atoms with Crippen LogP contribution in [0.1, 0.15) is 63.0 Å². The molecule has 36 heavy (non-hydrogen) atoms. The molecule has 2 atom stereocenters. The van der Waals surface area contributed by atoms with Crippen LogP contribution in [0.3, 0.4) is 0 Å². The predicted molar refractivity (Wildman–Crippen MR) is 141 cm³/mol. The summed E-state index contributed by atoms with van der Waals surface area (Å²) in [6.45, 7) is 9.99. The highest BCUT2D eigenvalue weighted by Gasteiger charge is 2.24. The Kier molecular flexibility index (Phi) is 9.68. The summed E-state index contributed by atoms with van der Waals surface area (Å²) in [6, 6.07) is 16.3. The molecule has 1 aromatic heterocycles. The van der Waals surface area contributed by atoms with Crippen molar-refractivity contribution in [2.75, 3.05) is 7.11 Å². The van der Waals surface area contributed by atoms with Crippen molar-refractivity contribution in [2.45, 2.75) is 59.7 Å². The van der Waals surface area contributed by atoms with Crippen LogP contribution in [-0.2, 0) is 27.2 Å². The third-order valence-corrected chi connectivity index (χ3v) is 5.76. The van der Waals surface area contributed by atoms with Gasteiger partial charge < -0.3 is 14.3 Å². The zero-order valence-electron chi connectivity index (χ0n) is 22.0. The van der Waals surface area contributed by atoms with Crippen molar-refractivity contribution >= 4 is 11.7 Å². The molecule has 1 heterocycles. The van der Waals surface area contributed by atoms with E-state index in [1.165, 1.54) is 12.7 Å². The minimum absolute atomic E-state index is 0.0655. The van der Waals surface area contributed by atoms with Crippen LogP contribution >= 0.6 is 0 Å². The number of esters is 1. The van der Waals surface area contributed by atoms with E-state index in [1.807, 2.05) is 44.3 Å². The fourth-order valence-corrected chi connectivity index (χ4v) is 3.90. The van der Waals surface area contributed by atoms with Crippen molar-refractivity contribution in [3.8, 4) is 5.75 Å². The van der Waals surface area contributed by atoms with Crippen LogP contribution in [0, 0.1) is 11.8 Å². The van der Waals surface area contributed by atoms with Crippen LogP contribution in [-0.4, -0.2) is 35.1 Å². The molecule has 2 unspecified atom stereocenters. The molecule has 0 amide bonds. The van der Waals surface area contributed by atoms with E-state index < -0.39 is 5.92 Å². The van der Waals surface area contributed by atoms with Crippen LogP contribution in [0.15, 0.2) is 66.1 Å². The molecule has 3 aromatic rings. The highest BCUT2D eigenvalue weighted by Crippen LogP contribution is 2.29. The van der Waals surface area contributed by atoms with Crippen molar-refractivity contribution in [3.63, 3.8) is 0 Å². The van der Waals surface area contributed by atoms with E-state index in [0.29, 0.717) is 18.1 Å². The fourth-order valence-electron chi connectivity index (χ4n) is 3.90. The summed E-state index contributed by atoms with van der Waals surface area (Å²) >= 11 is 0. The Hall–Kier alpha value is -3.61. The van der Waals surface area contributed by atoms with E-state index in [9.17, 15) is 4.79 Å². The summed E-state index contributed by atoms with van der Waals surface area (Å²) in [7, 11) is 1.38. The number of H-pyrrole nitrogens is 1. The van der Waals surface area contributed by atoms with Crippen LogP contribution in [0.25, 0.3) is 0 Å². The second kappa shape index (κ2) is 12.9. The average molecular weight is 492 g/mol. The maximum atomic E-state index is 12.4. The molecule has 7 nitrogen and oxygen atoms in total. The lowest BCUT2D eigenvalue weighted by Crippen LogP contribution is -2.26. The van der Waals surface area contributed by atoms with Gasteiger partial charge in [0.05, 0.1) is 19.0 Å². The monoisotopic (exact) mass is 491 g/mol. The largest absolute Gasteiger partial charge is 0.481 e. The van der Waals surface area contributed by atoms with Crippen LogP contribution < -0.4 is 4.74 Å². The molecule has 7 heteroatoms. The second-order valence-corrected chi connectivity index (χ2v) is 9.68. The zero-order chi connectivity index (χ0) is 26.1. The number of hydrogen-bond donors (Lipinski definition) is 1. The summed E-state index contributed by atoms with van der Waals surface area (Å²) in [5.41, 5.74) is 4.85. The van der Waals surface area contributed by atoms with Gasteiger partial charge in [0.2, 0.25) is 0 Å². The number of aromatic nitrogens is 2. The number of benzene rings is 2. The number of nitrogens with one attached hydrogen (secondary N) is 1. The van der Waals surface area contributed by atoms with Gasteiger partial charge in [0.15, 0.2) is 6.10 Å². The number of rotatable bonds is 12. The smallest absolute Gasteiger partial charge is 0.314 e.